The van der Waals surface area contributed by atoms with Crippen LogP contribution < -0.4 is 4.74 Å². The molecule has 0 aliphatic heterocycles. The van der Waals surface area contributed by atoms with Crippen LogP contribution in [0.3, 0.4) is 0 Å². The molecule has 174 valence electrons. The van der Waals surface area contributed by atoms with Gasteiger partial charge in [0.1, 0.15) is 11.6 Å². The molecule has 0 atom stereocenters. The third-order valence-corrected chi connectivity index (χ3v) is 5.48. The average Bonchev–Trinajstić information content (AvgIpc) is 2.76. The molecule has 0 aliphatic rings. The monoisotopic (exact) mass is 492 g/mol. The van der Waals surface area contributed by atoms with E-state index >= 15 is 4.39 Å². The number of aryl methyl sites for hydroxylation is 1. The van der Waals surface area contributed by atoms with Crippen molar-refractivity contribution in [2.24, 2.45) is 0 Å². The highest BCUT2D eigenvalue weighted by Crippen LogP contribution is 2.44. The van der Waals surface area contributed by atoms with Crippen molar-refractivity contribution in [2.75, 3.05) is 0 Å². The van der Waals surface area contributed by atoms with Gasteiger partial charge in [-0.15, -0.1) is 13.2 Å². The standard InChI is InChI=1S/C26H15ClF6O/c1-14-4-2-6-17(10-14)23-19(15-5-3-7-18(11-15)34-26(31,32)33)13-20(25(30)24(23)27)16-8-9-21(28)22(29)12-16/h2-13H,1H3. The van der Waals surface area contributed by atoms with Crippen LogP contribution in [0.4, 0.5) is 26.3 Å². The maximum absolute atomic E-state index is 15.4. The number of halogens is 7. The van der Waals surface area contributed by atoms with Gasteiger partial charge in [-0.2, -0.15) is 0 Å². The van der Waals surface area contributed by atoms with E-state index in [9.17, 15) is 22.0 Å². The van der Waals surface area contributed by atoms with Crippen LogP contribution in [0.15, 0.2) is 72.8 Å². The summed E-state index contributed by atoms with van der Waals surface area (Å²) in [5.41, 5.74) is 2.01. The third kappa shape index (κ3) is 4.89. The number of hydrogen-bond acceptors (Lipinski definition) is 1. The summed E-state index contributed by atoms with van der Waals surface area (Å²) in [6.45, 7) is 1.82. The Hall–Kier alpha value is -3.45. The summed E-state index contributed by atoms with van der Waals surface area (Å²) in [5.74, 6) is -3.65. The molecule has 0 aromatic heterocycles. The predicted octanol–water partition coefficient (Wildman–Crippen LogP) is 8.97. The number of rotatable bonds is 4. The fraction of sp³-hybridized carbons (Fsp3) is 0.0769. The summed E-state index contributed by atoms with van der Waals surface area (Å²) in [6, 6.07) is 16.3. The molecule has 0 unspecified atom stereocenters. The highest BCUT2D eigenvalue weighted by atomic mass is 35.5. The van der Waals surface area contributed by atoms with Crippen LogP contribution in [0.25, 0.3) is 33.4 Å². The summed E-state index contributed by atoms with van der Waals surface area (Å²) < 4.78 is 85.1. The molecule has 0 saturated heterocycles. The Balaban J connectivity index is 2.00. The van der Waals surface area contributed by atoms with Crippen molar-refractivity contribution < 1.29 is 31.1 Å². The van der Waals surface area contributed by atoms with E-state index in [2.05, 4.69) is 4.74 Å². The molecule has 4 rings (SSSR count). The second-order valence-electron chi connectivity index (χ2n) is 7.55. The summed E-state index contributed by atoms with van der Waals surface area (Å²) >= 11 is 6.45. The zero-order chi connectivity index (χ0) is 24.6. The van der Waals surface area contributed by atoms with Gasteiger partial charge < -0.3 is 4.74 Å². The lowest BCUT2D eigenvalue weighted by Gasteiger charge is -2.18. The fourth-order valence-electron chi connectivity index (χ4n) is 3.67. The van der Waals surface area contributed by atoms with Gasteiger partial charge in [-0.3, -0.25) is 0 Å². The van der Waals surface area contributed by atoms with Gasteiger partial charge in [0, 0.05) is 11.1 Å². The van der Waals surface area contributed by atoms with Gasteiger partial charge >= 0.3 is 6.36 Å². The highest BCUT2D eigenvalue weighted by molar-refractivity contribution is 6.34. The van der Waals surface area contributed by atoms with Crippen LogP contribution in [0.5, 0.6) is 5.75 Å². The summed E-state index contributed by atoms with van der Waals surface area (Å²) in [4.78, 5) is 0. The molecule has 8 heteroatoms. The van der Waals surface area contributed by atoms with E-state index < -0.39 is 29.6 Å². The summed E-state index contributed by atoms with van der Waals surface area (Å²) in [5, 5.41) is -0.315. The molecular weight excluding hydrogens is 478 g/mol. The maximum Gasteiger partial charge on any atom is 0.573 e. The quantitative estimate of drug-likeness (QED) is 0.258. The molecule has 0 radical (unpaired) electrons. The molecule has 4 aromatic carbocycles. The first-order chi connectivity index (χ1) is 16.0. The molecule has 0 saturated carbocycles. The smallest absolute Gasteiger partial charge is 0.406 e. The van der Waals surface area contributed by atoms with Crippen molar-refractivity contribution in [3.8, 4) is 39.1 Å². The second-order valence-corrected chi connectivity index (χ2v) is 7.93. The van der Waals surface area contributed by atoms with Gasteiger partial charge in [0.05, 0.1) is 5.02 Å². The van der Waals surface area contributed by atoms with Gasteiger partial charge in [-0.25, -0.2) is 13.2 Å². The zero-order valence-corrected chi connectivity index (χ0v) is 18.2. The van der Waals surface area contributed by atoms with E-state index in [1.807, 2.05) is 13.0 Å². The Morgan fingerprint density at radius 3 is 2.06 bits per heavy atom. The minimum Gasteiger partial charge on any atom is -0.406 e. The molecule has 1 nitrogen and oxygen atoms in total. The van der Waals surface area contributed by atoms with Crippen LogP contribution in [-0.4, -0.2) is 6.36 Å². The first-order valence-corrected chi connectivity index (χ1v) is 10.3. The summed E-state index contributed by atoms with van der Waals surface area (Å²) in [7, 11) is 0. The van der Waals surface area contributed by atoms with Gasteiger partial charge in [0.25, 0.3) is 0 Å². The normalized spacial score (nSPS) is 11.5. The van der Waals surface area contributed by atoms with Gasteiger partial charge in [-0.05, 0) is 59.5 Å². The Morgan fingerprint density at radius 1 is 0.706 bits per heavy atom. The Labute approximate surface area is 196 Å². The lowest BCUT2D eigenvalue weighted by atomic mass is 9.90. The fourth-order valence-corrected chi connectivity index (χ4v) is 3.98. The minimum atomic E-state index is -4.91. The Kier molecular flexibility index (Phi) is 6.32. The van der Waals surface area contributed by atoms with E-state index in [1.165, 1.54) is 24.3 Å². The van der Waals surface area contributed by atoms with E-state index in [-0.39, 0.29) is 32.8 Å². The van der Waals surface area contributed by atoms with Crippen molar-refractivity contribution >= 4 is 11.6 Å². The van der Waals surface area contributed by atoms with Gasteiger partial charge in [0.15, 0.2) is 11.6 Å². The van der Waals surface area contributed by atoms with Crippen LogP contribution in [0, 0.1) is 24.4 Å². The molecule has 0 spiro atoms. The topological polar surface area (TPSA) is 9.23 Å². The third-order valence-electron chi connectivity index (χ3n) is 5.12. The molecular formula is C26H15ClF6O. The number of alkyl halides is 3. The average molecular weight is 493 g/mol. The number of hydrogen-bond donors (Lipinski definition) is 0. The largest absolute Gasteiger partial charge is 0.573 e. The van der Waals surface area contributed by atoms with Crippen LogP contribution in [-0.2, 0) is 0 Å². The lowest BCUT2D eigenvalue weighted by molar-refractivity contribution is -0.274. The van der Waals surface area contributed by atoms with E-state index in [4.69, 9.17) is 11.6 Å². The molecule has 0 heterocycles. The Bertz CT molecular complexity index is 1380. The van der Waals surface area contributed by atoms with Crippen molar-refractivity contribution in [1.29, 1.82) is 0 Å². The first kappa shape index (κ1) is 23.7. The zero-order valence-electron chi connectivity index (χ0n) is 17.5. The van der Waals surface area contributed by atoms with E-state index in [0.717, 1.165) is 29.8 Å². The Morgan fingerprint density at radius 2 is 1.38 bits per heavy atom. The van der Waals surface area contributed by atoms with Crippen LogP contribution in [0.1, 0.15) is 5.56 Å². The molecule has 34 heavy (non-hydrogen) atoms. The van der Waals surface area contributed by atoms with Gasteiger partial charge in [-0.1, -0.05) is 59.6 Å². The summed E-state index contributed by atoms with van der Waals surface area (Å²) in [6.07, 6.45) is -4.91. The number of benzene rings is 4. The molecule has 0 amide bonds. The van der Waals surface area contributed by atoms with Crippen molar-refractivity contribution in [3.63, 3.8) is 0 Å². The van der Waals surface area contributed by atoms with E-state index in [0.29, 0.717) is 5.56 Å². The van der Waals surface area contributed by atoms with Gasteiger partial charge in [0.2, 0.25) is 0 Å². The molecule has 0 bridgehead atoms. The first-order valence-electron chi connectivity index (χ1n) is 9.94. The lowest BCUT2D eigenvalue weighted by Crippen LogP contribution is -2.17. The van der Waals surface area contributed by atoms with Crippen molar-refractivity contribution in [2.45, 2.75) is 13.3 Å². The molecule has 4 aromatic rings. The predicted molar refractivity (Wildman–Crippen MR) is 119 cm³/mol. The van der Waals surface area contributed by atoms with Crippen LogP contribution in [0.2, 0.25) is 5.02 Å². The molecule has 0 N–H and O–H groups in total. The SMILES string of the molecule is Cc1cccc(-c2c(-c3cccc(OC(F)(F)F)c3)cc(-c3ccc(F)c(F)c3)c(F)c2Cl)c1. The minimum absolute atomic E-state index is 0.0121. The number of ether oxygens (including phenoxy) is 1. The van der Waals surface area contributed by atoms with Crippen molar-refractivity contribution in [1.82, 2.24) is 0 Å². The van der Waals surface area contributed by atoms with E-state index in [1.54, 1.807) is 18.2 Å². The molecule has 0 fully saturated rings. The second kappa shape index (κ2) is 9.06. The van der Waals surface area contributed by atoms with Crippen LogP contribution >= 0.6 is 11.6 Å². The molecule has 0 aliphatic carbocycles. The highest BCUT2D eigenvalue weighted by Gasteiger charge is 2.31. The maximum atomic E-state index is 15.4. The van der Waals surface area contributed by atoms with Crippen molar-refractivity contribution in [3.05, 3.63) is 101 Å².